The van der Waals surface area contributed by atoms with E-state index in [0.29, 0.717) is 17.9 Å². The van der Waals surface area contributed by atoms with Crippen LogP contribution in [0.3, 0.4) is 0 Å². The van der Waals surface area contributed by atoms with E-state index in [1.165, 1.54) is 0 Å². The molecule has 3 rings (SSSR count). The smallest absolute Gasteiger partial charge is 1.00 e. The van der Waals surface area contributed by atoms with Crippen LogP contribution in [-0.2, 0) is 10.1 Å². The van der Waals surface area contributed by atoms with Gasteiger partial charge in [-0.3, -0.25) is 4.55 Å². The number of benzene rings is 3. The first-order valence-electron chi connectivity index (χ1n) is 9.11. The molecule has 6 N–H and O–H groups in total. The SMILES string of the molecule is Nc1ccc(Nc2cccc(N(CCCS(=O)(=O)O)c3ccc(N)cc3)c2)cc1.[H-].[K+]. The summed E-state index contributed by atoms with van der Waals surface area (Å²) in [4.78, 5) is 1.98. The quantitative estimate of drug-likeness (QED) is 0.230. The summed E-state index contributed by atoms with van der Waals surface area (Å²) in [7, 11) is -4.01. The largest absolute Gasteiger partial charge is 1.00 e. The number of nitrogens with zero attached hydrogens (tertiary/aromatic N) is 1. The summed E-state index contributed by atoms with van der Waals surface area (Å²) in [5.74, 6) is -0.304. The Kier molecular flexibility index (Phi) is 9.17. The molecule has 0 unspecified atom stereocenters. The molecule has 3 aromatic carbocycles. The summed E-state index contributed by atoms with van der Waals surface area (Å²) in [5, 5.41) is 3.33. The van der Waals surface area contributed by atoms with Crippen LogP contribution in [0.4, 0.5) is 34.1 Å². The number of nitrogens with two attached hydrogens (primary N) is 2. The average molecular weight is 453 g/mol. The van der Waals surface area contributed by atoms with E-state index in [-0.39, 0.29) is 65.0 Å². The molecule has 0 saturated heterocycles. The predicted molar refractivity (Wildman–Crippen MR) is 121 cm³/mol. The predicted octanol–water partition coefficient (Wildman–Crippen LogP) is 1.13. The van der Waals surface area contributed by atoms with Crippen LogP contribution in [-0.4, -0.2) is 25.3 Å². The summed E-state index contributed by atoms with van der Waals surface area (Å²) < 4.78 is 31.3. The first kappa shape index (κ1) is 24.7. The van der Waals surface area contributed by atoms with E-state index < -0.39 is 10.1 Å². The molecule has 0 atom stereocenters. The Morgan fingerprint density at radius 3 is 2.07 bits per heavy atom. The van der Waals surface area contributed by atoms with Crippen molar-refractivity contribution in [3.05, 3.63) is 72.8 Å². The molecule has 0 amide bonds. The maximum atomic E-state index is 11.1. The second-order valence-electron chi connectivity index (χ2n) is 6.68. The minimum absolute atomic E-state index is 0. The Hall–Kier alpha value is -1.59. The molecule has 0 heterocycles. The van der Waals surface area contributed by atoms with Gasteiger partial charge in [0, 0.05) is 40.7 Å². The normalized spacial score (nSPS) is 10.8. The molecule has 0 bridgehead atoms. The van der Waals surface area contributed by atoms with Crippen LogP contribution in [0.15, 0.2) is 72.8 Å². The summed E-state index contributed by atoms with van der Waals surface area (Å²) in [6.07, 6.45) is 0.277. The molecule has 9 heteroatoms. The van der Waals surface area contributed by atoms with E-state index in [2.05, 4.69) is 5.32 Å². The van der Waals surface area contributed by atoms with Crippen molar-refractivity contribution in [1.82, 2.24) is 0 Å². The average Bonchev–Trinajstić information content (AvgIpc) is 2.67. The molecule has 154 valence electrons. The van der Waals surface area contributed by atoms with E-state index in [1.54, 1.807) is 12.1 Å². The monoisotopic (exact) mass is 452 g/mol. The number of nitrogens with one attached hydrogen (secondary N) is 1. The molecule has 3 aromatic rings. The van der Waals surface area contributed by atoms with Crippen LogP contribution >= 0.6 is 0 Å². The van der Waals surface area contributed by atoms with Gasteiger partial charge in [0.25, 0.3) is 10.1 Å². The minimum atomic E-state index is -4.01. The molecular weight excluding hydrogens is 427 g/mol. The second kappa shape index (κ2) is 11.1. The van der Waals surface area contributed by atoms with Gasteiger partial charge < -0.3 is 23.1 Å². The molecule has 0 saturated carbocycles. The van der Waals surface area contributed by atoms with Crippen molar-refractivity contribution in [2.24, 2.45) is 0 Å². The van der Waals surface area contributed by atoms with Crippen molar-refractivity contribution in [3.63, 3.8) is 0 Å². The van der Waals surface area contributed by atoms with Crippen LogP contribution in [0, 0.1) is 0 Å². The van der Waals surface area contributed by atoms with E-state index in [1.807, 2.05) is 65.6 Å². The third-order valence-corrected chi connectivity index (χ3v) is 5.15. The zero-order chi connectivity index (χ0) is 20.9. The number of anilines is 6. The minimum Gasteiger partial charge on any atom is -1.00 e. The van der Waals surface area contributed by atoms with Crippen molar-refractivity contribution >= 4 is 44.2 Å². The van der Waals surface area contributed by atoms with Gasteiger partial charge in [0.05, 0.1) is 5.75 Å². The molecule has 0 aromatic heterocycles. The van der Waals surface area contributed by atoms with E-state index >= 15 is 0 Å². The third kappa shape index (κ3) is 7.58. The Morgan fingerprint density at radius 1 is 0.867 bits per heavy atom. The third-order valence-electron chi connectivity index (χ3n) is 4.35. The fraction of sp³-hybridized carbons (Fsp3) is 0.143. The summed E-state index contributed by atoms with van der Waals surface area (Å²) >= 11 is 0. The Morgan fingerprint density at radius 2 is 1.47 bits per heavy atom. The zero-order valence-electron chi connectivity index (χ0n) is 17.8. The van der Waals surface area contributed by atoms with Crippen LogP contribution in [0.25, 0.3) is 0 Å². The van der Waals surface area contributed by atoms with Crippen LogP contribution in [0.2, 0.25) is 0 Å². The fourth-order valence-electron chi connectivity index (χ4n) is 2.95. The first-order chi connectivity index (χ1) is 13.8. The van der Waals surface area contributed by atoms with Crippen molar-refractivity contribution < 1.29 is 65.8 Å². The fourth-order valence-corrected chi connectivity index (χ4v) is 3.45. The zero-order valence-corrected chi connectivity index (χ0v) is 20.8. The standard InChI is InChI=1S/C21H24N4O3S.K.H/c22-16-5-9-18(10-6-16)24-19-3-1-4-21(15-19)25(13-2-14-29(26,27)28)20-11-7-17(23)8-12-20;;/h1,3-12,15,24H,2,13-14,22-23H2,(H,26,27,28);;/q;+1;-1. The molecule has 0 aliphatic rings. The van der Waals surface area contributed by atoms with Gasteiger partial charge in [-0.15, -0.1) is 0 Å². The maximum absolute atomic E-state index is 11.1. The number of rotatable bonds is 8. The molecule has 0 radical (unpaired) electrons. The van der Waals surface area contributed by atoms with Crippen LogP contribution in [0.5, 0.6) is 0 Å². The maximum Gasteiger partial charge on any atom is 1.00 e. The molecule has 0 aliphatic heterocycles. The van der Waals surface area contributed by atoms with Crippen molar-refractivity contribution in [3.8, 4) is 0 Å². The van der Waals surface area contributed by atoms with Gasteiger partial charge in [0.15, 0.2) is 0 Å². The number of nitrogen functional groups attached to an aromatic ring is 2. The summed E-state index contributed by atoms with van der Waals surface area (Å²) in [5.41, 5.74) is 16.4. The number of hydrogen-bond acceptors (Lipinski definition) is 6. The first-order valence-corrected chi connectivity index (χ1v) is 10.7. The van der Waals surface area contributed by atoms with Crippen LogP contribution in [0.1, 0.15) is 7.85 Å². The van der Waals surface area contributed by atoms with Gasteiger partial charge in [0.1, 0.15) is 0 Å². The molecule has 0 spiro atoms. The van der Waals surface area contributed by atoms with Crippen molar-refractivity contribution in [2.75, 3.05) is 34.0 Å². The second-order valence-corrected chi connectivity index (χ2v) is 8.25. The van der Waals surface area contributed by atoms with Crippen molar-refractivity contribution in [1.29, 1.82) is 0 Å². The van der Waals surface area contributed by atoms with E-state index in [0.717, 1.165) is 22.7 Å². The van der Waals surface area contributed by atoms with Gasteiger partial charge in [0.2, 0.25) is 0 Å². The summed E-state index contributed by atoms with van der Waals surface area (Å²) in [6, 6.07) is 22.6. The molecule has 0 fully saturated rings. The molecule has 7 nitrogen and oxygen atoms in total. The van der Waals surface area contributed by atoms with Gasteiger partial charge in [-0.1, -0.05) is 6.07 Å². The Bertz CT molecular complexity index is 1060. The van der Waals surface area contributed by atoms with E-state index in [4.69, 9.17) is 16.0 Å². The number of hydrogen-bond donors (Lipinski definition) is 4. The topological polar surface area (TPSA) is 122 Å². The molecule has 0 aliphatic carbocycles. The molecule has 30 heavy (non-hydrogen) atoms. The van der Waals surface area contributed by atoms with Crippen molar-refractivity contribution in [2.45, 2.75) is 6.42 Å². The van der Waals surface area contributed by atoms with Gasteiger partial charge in [-0.2, -0.15) is 8.42 Å². The molecular formula is C21H25KN4O3S. The van der Waals surface area contributed by atoms with Gasteiger partial charge in [-0.05, 0) is 73.2 Å². The van der Waals surface area contributed by atoms with E-state index in [9.17, 15) is 8.42 Å². The van der Waals surface area contributed by atoms with Gasteiger partial charge in [-0.25, -0.2) is 0 Å². The Labute approximate surface area is 221 Å². The summed E-state index contributed by atoms with van der Waals surface area (Å²) in [6.45, 7) is 0.412. The van der Waals surface area contributed by atoms with Crippen LogP contribution < -0.4 is 73.1 Å². The van der Waals surface area contributed by atoms with Gasteiger partial charge >= 0.3 is 51.4 Å². The Balaban J connectivity index is 0.00000240.